The van der Waals surface area contributed by atoms with Crippen molar-refractivity contribution in [3.63, 3.8) is 0 Å². The summed E-state index contributed by atoms with van der Waals surface area (Å²) in [5, 5.41) is 3.37. The maximum absolute atomic E-state index is 5.77. The Hall–Kier alpha value is -1.96. The van der Waals surface area contributed by atoms with E-state index in [0.29, 0.717) is 0 Å². The van der Waals surface area contributed by atoms with Crippen LogP contribution in [0.2, 0.25) is 0 Å². The summed E-state index contributed by atoms with van der Waals surface area (Å²) in [6.07, 6.45) is 0. The van der Waals surface area contributed by atoms with Crippen molar-refractivity contribution in [1.29, 1.82) is 0 Å². The molecule has 2 rings (SSSR count). The van der Waals surface area contributed by atoms with Gasteiger partial charge in [-0.2, -0.15) is 0 Å². The summed E-state index contributed by atoms with van der Waals surface area (Å²) < 4.78 is 0. The van der Waals surface area contributed by atoms with Gasteiger partial charge >= 0.3 is 0 Å². The van der Waals surface area contributed by atoms with Crippen LogP contribution in [-0.4, -0.2) is 0 Å². The Morgan fingerprint density at radius 2 is 1.81 bits per heavy atom. The van der Waals surface area contributed by atoms with Crippen molar-refractivity contribution in [2.75, 3.05) is 11.1 Å². The zero-order valence-electron chi connectivity index (χ0n) is 9.62. The lowest BCUT2D eigenvalue weighted by Gasteiger charge is -2.10. The Morgan fingerprint density at radius 3 is 2.56 bits per heavy atom. The average molecular weight is 212 g/mol. The molecule has 0 atom stereocenters. The first-order valence-electron chi connectivity index (χ1n) is 5.35. The van der Waals surface area contributed by atoms with E-state index in [4.69, 9.17) is 5.73 Å². The van der Waals surface area contributed by atoms with Crippen LogP contribution in [0.25, 0.3) is 0 Å². The minimum absolute atomic E-state index is 0.778. The summed E-state index contributed by atoms with van der Waals surface area (Å²) in [6, 6.07) is 14.2. The quantitative estimate of drug-likeness (QED) is 0.746. The molecule has 3 N–H and O–H groups in total. The minimum Gasteiger partial charge on any atom is -0.399 e. The molecule has 0 heterocycles. The molecule has 0 aliphatic heterocycles. The number of rotatable bonds is 2. The van der Waals surface area contributed by atoms with Crippen molar-refractivity contribution in [2.24, 2.45) is 0 Å². The number of anilines is 3. The second-order valence-corrected chi connectivity index (χ2v) is 4.07. The molecule has 0 unspecified atom stereocenters. The lowest BCUT2D eigenvalue weighted by Crippen LogP contribution is -1.95. The first kappa shape index (κ1) is 10.6. The fourth-order valence-corrected chi connectivity index (χ4v) is 1.65. The third kappa shape index (κ3) is 2.34. The standard InChI is InChI=1S/C14H16N2/c1-10-4-3-5-13(8-10)16-14-9-12(15)7-6-11(14)2/h3-9,16H,15H2,1-2H3. The molecule has 0 fully saturated rings. The highest BCUT2D eigenvalue weighted by atomic mass is 14.9. The number of benzene rings is 2. The molecule has 0 aromatic heterocycles. The van der Waals surface area contributed by atoms with Gasteiger partial charge in [0.15, 0.2) is 0 Å². The van der Waals surface area contributed by atoms with Gasteiger partial charge in [0.2, 0.25) is 0 Å². The zero-order chi connectivity index (χ0) is 11.5. The van der Waals surface area contributed by atoms with Gasteiger partial charge in [0, 0.05) is 17.1 Å². The highest BCUT2D eigenvalue weighted by Crippen LogP contribution is 2.23. The molecule has 0 amide bonds. The molecule has 0 aliphatic rings. The summed E-state index contributed by atoms with van der Waals surface area (Å²) in [7, 11) is 0. The van der Waals surface area contributed by atoms with Crippen LogP contribution in [0.3, 0.4) is 0 Å². The van der Waals surface area contributed by atoms with E-state index >= 15 is 0 Å². The Kier molecular flexibility index (Phi) is 2.82. The smallest absolute Gasteiger partial charge is 0.0434 e. The number of aryl methyl sites for hydroxylation is 2. The van der Waals surface area contributed by atoms with Crippen LogP contribution in [0.4, 0.5) is 17.1 Å². The molecule has 16 heavy (non-hydrogen) atoms. The first-order chi connectivity index (χ1) is 7.65. The lowest BCUT2D eigenvalue weighted by atomic mass is 10.1. The van der Waals surface area contributed by atoms with Gasteiger partial charge < -0.3 is 11.1 Å². The van der Waals surface area contributed by atoms with Crippen LogP contribution in [0.15, 0.2) is 42.5 Å². The van der Waals surface area contributed by atoms with Crippen molar-refractivity contribution in [1.82, 2.24) is 0 Å². The molecular formula is C14H16N2. The van der Waals surface area contributed by atoms with E-state index in [2.05, 4.69) is 37.4 Å². The van der Waals surface area contributed by atoms with Crippen molar-refractivity contribution in [2.45, 2.75) is 13.8 Å². The number of hydrogen-bond acceptors (Lipinski definition) is 2. The second kappa shape index (κ2) is 4.27. The Labute approximate surface area is 96.1 Å². The highest BCUT2D eigenvalue weighted by Gasteiger charge is 1.99. The molecule has 0 saturated heterocycles. The third-order valence-electron chi connectivity index (χ3n) is 2.56. The van der Waals surface area contributed by atoms with Crippen molar-refractivity contribution >= 4 is 17.1 Å². The van der Waals surface area contributed by atoms with E-state index in [9.17, 15) is 0 Å². The lowest BCUT2D eigenvalue weighted by molar-refractivity contribution is 1.41. The molecule has 82 valence electrons. The molecule has 2 heteroatoms. The van der Waals surface area contributed by atoms with Gasteiger partial charge in [0.05, 0.1) is 0 Å². The summed E-state index contributed by atoms with van der Waals surface area (Å²) in [5.74, 6) is 0. The molecule has 2 aromatic rings. The molecule has 0 spiro atoms. The molecule has 2 nitrogen and oxygen atoms in total. The normalized spacial score (nSPS) is 10.1. The van der Waals surface area contributed by atoms with Crippen molar-refractivity contribution in [3.8, 4) is 0 Å². The Morgan fingerprint density at radius 1 is 1.00 bits per heavy atom. The molecule has 0 aliphatic carbocycles. The minimum atomic E-state index is 0.778. The SMILES string of the molecule is Cc1cccc(Nc2cc(N)ccc2C)c1. The van der Waals surface area contributed by atoms with Gasteiger partial charge in [-0.05, 0) is 49.2 Å². The predicted molar refractivity (Wildman–Crippen MR) is 70.1 cm³/mol. The maximum atomic E-state index is 5.77. The number of hydrogen-bond donors (Lipinski definition) is 2. The average Bonchev–Trinajstić information content (AvgIpc) is 2.24. The Balaban J connectivity index is 2.30. The van der Waals surface area contributed by atoms with Gasteiger partial charge in [-0.15, -0.1) is 0 Å². The van der Waals surface area contributed by atoms with Crippen LogP contribution in [0, 0.1) is 13.8 Å². The largest absolute Gasteiger partial charge is 0.399 e. The van der Waals surface area contributed by atoms with E-state index in [1.807, 2.05) is 24.3 Å². The maximum Gasteiger partial charge on any atom is 0.0434 e. The van der Waals surface area contributed by atoms with Gasteiger partial charge in [0.25, 0.3) is 0 Å². The molecule has 0 bridgehead atoms. The van der Waals surface area contributed by atoms with Gasteiger partial charge in [-0.1, -0.05) is 18.2 Å². The summed E-state index contributed by atoms with van der Waals surface area (Å²) in [5.41, 5.74) is 11.1. The van der Waals surface area contributed by atoms with E-state index in [0.717, 1.165) is 17.1 Å². The van der Waals surface area contributed by atoms with E-state index in [-0.39, 0.29) is 0 Å². The summed E-state index contributed by atoms with van der Waals surface area (Å²) >= 11 is 0. The van der Waals surface area contributed by atoms with Gasteiger partial charge in [-0.3, -0.25) is 0 Å². The highest BCUT2D eigenvalue weighted by molar-refractivity contribution is 5.67. The number of nitrogen functional groups attached to an aromatic ring is 1. The summed E-state index contributed by atoms with van der Waals surface area (Å²) in [6.45, 7) is 4.15. The van der Waals surface area contributed by atoms with Crippen LogP contribution in [0.1, 0.15) is 11.1 Å². The fourth-order valence-electron chi connectivity index (χ4n) is 1.65. The fraction of sp³-hybridized carbons (Fsp3) is 0.143. The van der Waals surface area contributed by atoms with E-state index in [1.54, 1.807) is 0 Å². The van der Waals surface area contributed by atoms with Crippen LogP contribution in [0.5, 0.6) is 0 Å². The van der Waals surface area contributed by atoms with E-state index < -0.39 is 0 Å². The zero-order valence-corrected chi connectivity index (χ0v) is 9.62. The molecule has 0 radical (unpaired) electrons. The van der Waals surface area contributed by atoms with Gasteiger partial charge in [-0.25, -0.2) is 0 Å². The van der Waals surface area contributed by atoms with E-state index in [1.165, 1.54) is 11.1 Å². The predicted octanol–water partition coefficient (Wildman–Crippen LogP) is 3.63. The molecule has 0 saturated carbocycles. The van der Waals surface area contributed by atoms with Crippen LogP contribution in [-0.2, 0) is 0 Å². The van der Waals surface area contributed by atoms with Crippen molar-refractivity contribution in [3.05, 3.63) is 53.6 Å². The number of nitrogens with two attached hydrogens (primary N) is 1. The first-order valence-corrected chi connectivity index (χ1v) is 5.35. The molecular weight excluding hydrogens is 196 g/mol. The topological polar surface area (TPSA) is 38.0 Å². The molecule has 2 aromatic carbocycles. The number of nitrogens with one attached hydrogen (secondary N) is 1. The van der Waals surface area contributed by atoms with Crippen LogP contribution < -0.4 is 11.1 Å². The third-order valence-corrected chi connectivity index (χ3v) is 2.56. The second-order valence-electron chi connectivity index (χ2n) is 4.07. The van der Waals surface area contributed by atoms with Gasteiger partial charge in [0.1, 0.15) is 0 Å². The Bertz CT molecular complexity index is 504. The summed E-state index contributed by atoms with van der Waals surface area (Å²) in [4.78, 5) is 0. The monoisotopic (exact) mass is 212 g/mol. The van der Waals surface area contributed by atoms with Crippen LogP contribution >= 0.6 is 0 Å². The van der Waals surface area contributed by atoms with Crippen molar-refractivity contribution < 1.29 is 0 Å².